The van der Waals surface area contributed by atoms with Gasteiger partial charge in [-0.15, -0.1) is 0 Å². The van der Waals surface area contributed by atoms with Crippen LogP contribution in [0.25, 0.3) is 0 Å². The molecule has 2 aliphatic rings. The minimum absolute atomic E-state index is 0.129. The molecule has 1 saturated heterocycles. The Labute approximate surface area is 170 Å². The van der Waals surface area contributed by atoms with Crippen LogP contribution in [-0.4, -0.2) is 54.3 Å². The second-order valence-electron chi connectivity index (χ2n) is 7.93. The maximum Gasteiger partial charge on any atom is 0.238 e. The monoisotopic (exact) mass is 395 g/mol. The molecular formula is C23H26FN3O2. The van der Waals surface area contributed by atoms with Crippen molar-refractivity contribution < 1.29 is 14.0 Å². The zero-order valence-corrected chi connectivity index (χ0v) is 16.4. The summed E-state index contributed by atoms with van der Waals surface area (Å²) in [6.07, 6.45) is 2.91. The molecule has 1 N–H and O–H groups in total. The van der Waals surface area contributed by atoms with E-state index in [1.54, 1.807) is 12.1 Å². The fraction of sp³-hybridized carbons (Fsp3) is 0.391. The van der Waals surface area contributed by atoms with Crippen LogP contribution in [0.1, 0.15) is 24.8 Å². The summed E-state index contributed by atoms with van der Waals surface area (Å²) in [6, 6.07) is 15.8. The summed E-state index contributed by atoms with van der Waals surface area (Å²) in [5.74, 6) is -0.231. The number of piperazine rings is 1. The van der Waals surface area contributed by atoms with Gasteiger partial charge >= 0.3 is 0 Å². The lowest BCUT2D eigenvalue weighted by molar-refractivity contribution is -0.142. The van der Waals surface area contributed by atoms with E-state index in [9.17, 15) is 14.0 Å². The zero-order valence-electron chi connectivity index (χ0n) is 16.4. The van der Waals surface area contributed by atoms with E-state index in [1.807, 2.05) is 23.1 Å². The number of anilines is 1. The van der Waals surface area contributed by atoms with Crippen LogP contribution in [0.2, 0.25) is 0 Å². The second-order valence-corrected chi connectivity index (χ2v) is 7.93. The number of carbonyl (C=O) groups is 2. The topological polar surface area (TPSA) is 52.7 Å². The van der Waals surface area contributed by atoms with Gasteiger partial charge in [0.25, 0.3) is 0 Å². The first-order valence-electron chi connectivity index (χ1n) is 10.2. The Morgan fingerprint density at radius 3 is 2.17 bits per heavy atom. The van der Waals surface area contributed by atoms with Crippen molar-refractivity contribution >= 4 is 17.5 Å². The number of benzene rings is 2. The molecule has 6 heteroatoms. The fourth-order valence-corrected chi connectivity index (χ4v) is 4.26. The summed E-state index contributed by atoms with van der Waals surface area (Å²) >= 11 is 0. The number of hydrogen-bond donors (Lipinski definition) is 1. The number of hydrogen-bond acceptors (Lipinski definition) is 3. The van der Waals surface area contributed by atoms with Crippen molar-refractivity contribution in [3.05, 3.63) is 66.0 Å². The van der Waals surface area contributed by atoms with Gasteiger partial charge in [0.2, 0.25) is 11.8 Å². The van der Waals surface area contributed by atoms with Crippen molar-refractivity contribution in [2.24, 2.45) is 0 Å². The number of nitrogens with zero attached hydrogens (tertiary/aromatic N) is 2. The highest BCUT2D eigenvalue weighted by atomic mass is 19.1. The fourth-order valence-electron chi connectivity index (χ4n) is 4.26. The van der Waals surface area contributed by atoms with Crippen LogP contribution in [0.5, 0.6) is 0 Å². The van der Waals surface area contributed by atoms with Gasteiger partial charge in [0.05, 0.1) is 12.0 Å². The second kappa shape index (κ2) is 8.33. The Hall–Kier alpha value is -2.73. The molecule has 2 aromatic rings. The van der Waals surface area contributed by atoms with Gasteiger partial charge in [-0.25, -0.2) is 4.39 Å². The van der Waals surface area contributed by atoms with Gasteiger partial charge in [-0.1, -0.05) is 36.8 Å². The molecule has 0 unspecified atom stereocenters. The molecule has 0 bridgehead atoms. The quantitative estimate of drug-likeness (QED) is 0.847. The highest BCUT2D eigenvalue weighted by Crippen LogP contribution is 2.45. The molecule has 152 valence electrons. The number of carbonyl (C=O) groups excluding carboxylic acids is 2. The molecule has 29 heavy (non-hydrogen) atoms. The van der Waals surface area contributed by atoms with Crippen LogP contribution in [0.15, 0.2) is 54.6 Å². The third kappa shape index (κ3) is 4.17. The average molecular weight is 395 g/mol. The van der Waals surface area contributed by atoms with Crippen molar-refractivity contribution in [3.63, 3.8) is 0 Å². The van der Waals surface area contributed by atoms with Crippen molar-refractivity contribution in [2.45, 2.75) is 24.7 Å². The first-order chi connectivity index (χ1) is 14.1. The van der Waals surface area contributed by atoms with Gasteiger partial charge in [0.1, 0.15) is 5.82 Å². The van der Waals surface area contributed by atoms with Crippen LogP contribution in [0.4, 0.5) is 10.1 Å². The van der Waals surface area contributed by atoms with Crippen LogP contribution < -0.4 is 5.32 Å². The molecule has 4 rings (SSSR count). The van der Waals surface area contributed by atoms with Crippen molar-refractivity contribution in [2.75, 3.05) is 38.0 Å². The Morgan fingerprint density at radius 2 is 1.59 bits per heavy atom. The Bertz CT molecular complexity index is 857. The lowest BCUT2D eigenvalue weighted by atomic mass is 9.63. The standard InChI is InChI=1S/C23H26FN3O2/c24-19-7-9-20(10-8-19)25-21(28)17-26-13-15-27(16-14-26)22(29)23(11-4-12-23)18-5-2-1-3-6-18/h1-3,5-10H,4,11-17H2,(H,25,28). The first kappa shape index (κ1) is 19.6. The normalized spacial score (nSPS) is 18.7. The van der Waals surface area contributed by atoms with Crippen molar-refractivity contribution in [1.82, 2.24) is 9.80 Å². The molecule has 0 atom stereocenters. The van der Waals surface area contributed by atoms with Gasteiger partial charge in [-0.05, 0) is 42.7 Å². The summed E-state index contributed by atoms with van der Waals surface area (Å²) in [5, 5.41) is 2.79. The maximum absolute atomic E-state index is 13.3. The molecule has 1 heterocycles. The Kier molecular flexibility index (Phi) is 5.62. The Balaban J connectivity index is 1.30. The predicted molar refractivity (Wildman–Crippen MR) is 110 cm³/mol. The molecule has 0 aromatic heterocycles. The number of halogens is 1. The summed E-state index contributed by atoms with van der Waals surface area (Å²) in [6.45, 7) is 2.89. The van der Waals surface area contributed by atoms with Crippen molar-refractivity contribution in [1.29, 1.82) is 0 Å². The molecule has 1 aliphatic heterocycles. The molecule has 2 fully saturated rings. The largest absolute Gasteiger partial charge is 0.339 e. The van der Waals surface area contributed by atoms with Gasteiger partial charge in [0, 0.05) is 31.9 Å². The average Bonchev–Trinajstić information content (AvgIpc) is 2.70. The molecule has 0 spiro atoms. The van der Waals surface area contributed by atoms with E-state index < -0.39 is 0 Å². The maximum atomic E-state index is 13.3. The third-order valence-electron chi connectivity index (χ3n) is 6.10. The van der Waals surface area contributed by atoms with Crippen LogP contribution in [-0.2, 0) is 15.0 Å². The highest BCUT2D eigenvalue weighted by Gasteiger charge is 2.47. The third-order valence-corrected chi connectivity index (χ3v) is 6.10. The molecule has 2 aromatic carbocycles. The van der Waals surface area contributed by atoms with E-state index in [-0.39, 0.29) is 29.6 Å². The summed E-state index contributed by atoms with van der Waals surface area (Å²) in [4.78, 5) is 29.6. The van der Waals surface area contributed by atoms with E-state index in [0.717, 1.165) is 24.8 Å². The van der Waals surface area contributed by atoms with Crippen LogP contribution in [0, 0.1) is 5.82 Å². The lowest BCUT2D eigenvalue weighted by Crippen LogP contribution is -2.57. The van der Waals surface area contributed by atoms with Gasteiger partial charge in [-0.2, -0.15) is 0 Å². The van der Waals surface area contributed by atoms with Crippen molar-refractivity contribution in [3.8, 4) is 0 Å². The molecule has 1 saturated carbocycles. The summed E-state index contributed by atoms with van der Waals surface area (Å²) in [5.41, 5.74) is 1.35. The van der Waals surface area contributed by atoms with Gasteiger partial charge in [-0.3, -0.25) is 14.5 Å². The predicted octanol–water partition coefficient (Wildman–Crippen LogP) is 3.03. The molecule has 2 amide bonds. The van der Waals surface area contributed by atoms with E-state index in [4.69, 9.17) is 0 Å². The van der Waals surface area contributed by atoms with Gasteiger partial charge < -0.3 is 10.2 Å². The molecule has 0 radical (unpaired) electrons. The SMILES string of the molecule is O=C(CN1CCN(C(=O)C2(c3ccccc3)CCC2)CC1)Nc1ccc(F)cc1. The van der Waals surface area contributed by atoms with Crippen LogP contribution in [0.3, 0.4) is 0 Å². The number of nitrogens with one attached hydrogen (secondary N) is 1. The Morgan fingerprint density at radius 1 is 0.931 bits per heavy atom. The smallest absolute Gasteiger partial charge is 0.238 e. The zero-order chi connectivity index (χ0) is 20.3. The molecule has 1 aliphatic carbocycles. The first-order valence-corrected chi connectivity index (χ1v) is 10.2. The minimum atomic E-state index is -0.358. The van der Waals surface area contributed by atoms with Gasteiger partial charge in [0.15, 0.2) is 0 Å². The number of amides is 2. The summed E-state index contributed by atoms with van der Waals surface area (Å²) in [7, 11) is 0. The highest BCUT2D eigenvalue weighted by molar-refractivity contribution is 5.92. The summed E-state index contributed by atoms with van der Waals surface area (Å²) < 4.78 is 13.0. The van der Waals surface area contributed by atoms with Crippen LogP contribution >= 0.6 is 0 Å². The van der Waals surface area contributed by atoms with E-state index in [2.05, 4.69) is 22.3 Å². The van der Waals surface area contributed by atoms with E-state index >= 15 is 0 Å². The molecular weight excluding hydrogens is 369 g/mol. The van der Waals surface area contributed by atoms with E-state index in [1.165, 1.54) is 12.1 Å². The van der Waals surface area contributed by atoms with E-state index in [0.29, 0.717) is 31.9 Å². The molecule has 5 nitrogen and oxygen atoms in total. The number of rotatable bonds is 5. The minimum Gasteiger partial charge on any atom is -0.339 e. The lowest BCUT2D eigenvalue weighted by Gasteiger charge is -2.46.